The summed E-state index contributed by atoms with van der Waals surface area (Å²) in [4.78, 5) is 5.44. The molecule has 1 aliphatic heterocycles. The van der Waals surface area contributed by atoms with E-state index in [0.29, 0.717) is 23.9 Å². The third-order valence-corrected chi connectivity index (χ3v) is 7.91. The van der Waals surface area contributed by atoms with Crippen LogP contribution in [-0.2, 0) is 10.0 Å². The lowest BCUT2D eigenvalue weighted by atomic mass is 10.0. The van der Waals surface area contributed by atoms with E-state index in [1.165, 1.54) is 6.26 Å². The standard InChI is InChI=1S/C22H21N3O2S2/c1-29(26,27)25-9-6-20(7-10-25)28-22-13-19(12-18-5-8-24-15-21(18)22)17-4-2-3-16(11-17)14-23/h2-5,8,11-13,15,20H,6-7,9-10H2,1H3. The van der Waals surface area contributed by atoms with Crippen LogP contribution in [0.1, 0.15) is 18.4 Å². The second kappa shape index (κ2) is 8.15. The quantitative estimate of drug-likeness (QED) is 0.626. The van der Waals surface area contributed by atoms with Gasteiger partial charge in [0.05, 0.1) is 17.9 Å². The molecule has 0 spiro atoms. The second-order valence-electron chi connectivity index (χ2n) is 7.24. The zero-order valence-corrected chi connectivity index (χ0v) is 17.7. The fourth-order valence-electron chi connectivity index (χ4n) is 3.66. The van der Waals surface area contributed by atoms with Crippen molar-refractivity contribution in [2.24, 2.45) is 0 Å². The summed E-state index contributed by atoms with van der Waals surface area (Å²) >= 11 is 1.80. The van der Waals surface area contributed by atoms with Crippen LogP contribution in [0.4, 0.5) is 0 Å². The fourth-order valence-corrected chi connectivity index (χ4v) is 5.83. The lowest BCUT2D eigenvalue weighted by Crippen LogP contribution is -2.38. The molecule has 1 aliphatic rings. The molecule has 0 N–H and O–H groups in total. The average molecular weight is 424 g/mol. The van der Waals surface area contributed by atoms with Crippen molar-refractivity contribution in [1.82, 2.24) is 9.29 Å². The Kier molecular flexibility index (Phi) is 5.59. The van der Waals surface area contributed by atoms with E-state index in [-0.39, 0.29) is 0 Å². The van der Waals surface area contributed by atoms with Gasteiger partial charge in [0.15, 0.2) is 0 Å². The van der Waals surface area contributed by atoms with E-state index in [4.69, 9.17) is 0 Å². The predicted octanol–water partition coefficient (Wildman–Crippen LogP) is 4.29. The van der Waals surface area contributed by atoms with Crippen molar-refractivity contribution in [3.63, 3.8) is 0 Å². The molecule has 4 rings (SSSR count). The number of benzene rings is 2. The first-order valence-corrected chi connectivity index (χ1v) is 12.2. The summed E-state index contributed by atoms with van der Waals surface area (Å²) in [6.07, 6.45) is 6.61. The maximum Gasteiger partial charge on any atom is 0.211 e. The van der Waals surface area contributed by atoms with Gasteiger partial charge in [0.2, 0.25) is 10.0 Å². The highest BCUT2D eigenvalue weighted by Crippen LogP contribution is 2.38. The third kappa shape index (κ3) is 4.45. The monoisotopic (exact) mass is 423 g/mol. The van der Waals surface area contributed by atoms with Gasteiger partial charge < -0.3 is 0 Å². The molecule has 0 bridgehead atoms. The summed E-state index contributed by atoms with van der Waals surface area (Å²) in [7, 11) is -3.12. The minimum Gasteiger partial charge on any atom is -0.264 e. The van der Waals surface area contributed by atoms with Crippen LogP contribution in [0.25, 0.3) is 21.9 Å². The Balaban J connectivity index is 1.66. The minimum atomic E-state index is -3.12. The van der Waals surface area contributed by atoms with Crippen molar-refractivity contribution >= 4 is 32.6 Å². The van der Waals surface area contributed by atoms with Crippen LogP contribution in [0.15, 0.2) is 59.8 Å². The van der Waals surface area contributed by atoms with Crippen LogP contribution in [-0.4, -0.2) is 42.3 Å². The number of pyridine rings is 1. The molecule has 148 valence electrons. The highest BCUT2D eigenvalue weighted by atomic mass is 32.2. The molecule has 0 amide bonds. The van der Waals surface area contributed by atoms with Gasteiger partial charge in [-0.15, -0.1) is 11.8 Å². The van der Waals surface area contributed by atoms with Gasteiger partial charge in [0.25, 0.3) is 0 Å². The number of aromatic nitrogens is 1. The molecule has 5 nitrogen and oxygen atoms in total. The van der Waals surface area contributed by atoms with Crippen molar-refractivity contribution in [2.45, 2.75) is 23.0 Å². The molecule has 0 saturated carbocycles. The van der Waals surface area contributed by atoms with E-state index in [9.17, 15) is 13.7 Å². The van der Waals surface area contributed by atoms with Gasteiger partial charge in [-0.2, -0.15) is 5.26 Å². The molecule has 2 heterocycles. The maximum atomic E-state index is 11.8. The number of piperidine rings is 1. The average Bonchev–Trinajstić information content (AvgIpc) is 2.73. The number of hydrogen-bond acceptors (Lipinski definition) is 5. The number of nitriles is 1. The number of sulfonamides is 1. The van der Waals surface area contributed by atoms with Gasteiger partial charge in [0, 0.05) is 41.0 Å². The molecule has 2 aromatic carbocycles. The molecule has 3 aromatic rings. The Bertz CT molecular complexity index is 1190. The van der Waals surface area contributed by atoms with E-state index in [1.54, 1.807) is 28.3 Å². The molecule has 0 unspecified atom stereocenters. The van der Waals surface area contributed by atoms with Crippen LogP contribution in [0.2, 0.25) is 0 Å². The molecular formula is C22H21N3O2S2. The third-order valence-electron chi connectivity index (χ3n) is 5.21. The smallest absolute Gasteiger partial charge is 0.211 e. The SMILES string of the molecule is CS(=O)(=O)N1CCC(Sc2cc(-c3cccc(C#N)c3)cc3ccncc23)CC1. The van der Waals surface area contributed by atoms with Crippen molar-refractivity contribution < 1.29 is 8.42 Å². The topological polar surface area (TPSA) is 74.1 Å². The summed E-state index contributed by atoms with van der Waals surface area (Å²) in [6, 6.07) is 16.1. The van der Waals surface area contributed by atoms with Gasteiger partial charge in [-0.1, -0.05) is 12.1 Å². The van der Waals surface area contributed by atoms with Crippen molar-refractivity contribution in [3.8, 4) is 17.2 Å². The molecule has 0 atom stereocenters. The predicted molar refractivity (Wildman–Crippen MR) is 117 cm³/mol. The number of fused-ring (bicyclic) bond motifs is 1. The summed E-state index contributed by atoms with van der Waals surface area (Å²) in [6.45, 7) is 1.13. The lowest BCUT2D eigenvalue weighted by Gasteiger charge is -2.30. The second-order valence-corrected chi connectivity index (χ2v) is 10.6. The van der Waals surface area contributed by atoms with Gasteiger partial charge >= 0.3 is 0 Å². The van der Waals surface area contributed by atoms with E-state index >= 15 is 0 Å². The summed E-state index contributed by atoms with van der Waals surface area (Å²) in [5.41, 5.74) is 2.72. The number of thioether (sulfide) groups is 1. The first kappa shape index (κ1) is 19.9. The highest BCUT2D eigenvalue weighted by molar-refractivity contribution is 8.00. The molecule has 1 fully saturated rings. The molecule has 29 heavy (non-hydrogen) atoms. The fraction of sp³-hybridized carbons (Fsp3) is 0.273. The Hall–Kier alpha value is -2.40. The minimum absolute atomic E-state index is 0.358. The highest BCUT2D eigenvalue weighted by Gasteiger charge is 2.26. The van der Waals surface area contributed by atoms with Crippen molar-refractivity contribution in [1.29, 1.82) is 5.26 Å². The maximum absolute atomic E-state index is 11.8. The molecule has 1 aromatic heterocycles. The Morgan fingerprint density at radius 3 is 2.66 bits per heavy atom. The van der Waals surface area contributed by atoms with Gasteiger partial charge in [-0.3, -0.25) is 4.98 Å². The van der Waals surface area contributed by atoms with E-state index in [1.807, 2.05) is 30.5 Å². The zero-order valence-electron chi connectivity index (χ0n) is 16.1. The Labute approximate surface area is 175 Å². The van der Waals surface area contributed by atoms with Crippen molar-refractivity contribution in [3.05, 3.63) is 60.4 Å². The first-order valence-electron chi connectivity index (χ1n) is 9.44. The largest absolute Gasteiger partial charge is 0.264 e. The molecule has 0 radical (unpaired) electrons. The van der Waals surface area contributed by atoms with Gasteiger partial charge in [0.1, 0.15) is 0 Å². The molecule has 0 aliphatic carbocycles. The lowest BCUT2D eigenvalue weighted by molar-refractivity contribution is 0.355. The van der Waals surface area contributed by atoms with Gasteiger partial charge in [-0.05, 0) is 59.7 Å². The molecule has 7 heteroatoms. The number of nitrogens with zero attached hydrogens (tertiary/aromatic N) is 3. The van der Waals surface area contributed by atoms with E-state index in [0.717, 1.165) is 39.6 Å². The summed E-state index contributed by atoms with van der Waals surface area (Å²) in [5, 5.41) is 11.8. The van der Waals surface area contributed by atoms with E-state index < -0.39 is 10.0 Å². The Morgan fingerprint density at radius 1 is 1.14 bits per heavy atom. The number of rotatable bonds is 4. The Morgan fingerprint density at radius 2 is 1.93 bits per heavy atom. The summed E-state index contributed by atoms with van der Waals surface area (Å²) in [5.74, 6) is 0. The first-order chi connectivity index (χ1) is 13.9. The van der Waals surface area contributed by atoms with Gasteiger partial charge in [-0.25, -0.2) is 12.7 Å². The van der Waals surface area contributed by atoms with Crippen LogP contribution in [0.5, 0.6) is 0 Å². The molecular weight excluding hydrogens is 402 g/mol. The number of hydrogen-bond donors (Lipinski definition) is 0. The van der Waals surface area contributed by atoms with Crippen LogP contribution in [0.3, 0.4) is 0 Å². The summed E-state index contributed by atoms with van der Waals surface area (Å²) < 4.78 is 25.1. The van der Waals surface area contributed by atoms with Crippen LogP contribution < -0.4 is 0 Å². The van der Waals surface area contributed by atoms with E-state index in [2.05, 4.69) is 23.2 Å². The van der Waals surface area contributed by atoms with Crippen molar-refractivity contribution in [2.75, 3.05) is 19.3 Å². The normalized spacial score (nSPS) is 16.0. The van der Waals surface area contributed by atoms with Crippen LogP contribution in [0, 0.1) is 11.3 Å². The van der Waals surface area contributed by atoms with Crippen LogP contribution >= 0.6 is 11.8 Å². The molecule has 1 saturated heterocycles. The zero-order chi connectivity index (χ0) is 20.4.